The zero-order valence-corrected chi connectivity index (χ0v) is 11.8. The number of nitrogens with one attached hydrogen (secondary N) is 1. The highest BCUT2D eigenvalue weighted by atomic mass is 16.6. The summed E-state index contributed by atoms with van der Waals surface area (Å²) in [6, 6.07) is 11.8. The Morgan fingerprint density at radius 2 is 2.09 bits per heavy atom. The van der Waals surface area contributed by atoms with Crippen LogP contribution in [0.25, 0.3) is 39.0 Å². The predicted molar refractivity (Wildman–Crippen MR) is 84.0 cm³/mol. The maximum Gasteiger partial charge on any atom is 0.146 e. The first-order valence-corrected chi connectivity index (χ1v) is 7.09. The van der Waals surface area contributed by atoms with Crippen molar-refractivity contribution in [2.45, 2.75) is 0 Å². The number of aromatic nitrogens is 6. The van der Waals surface area contributed by atoms with E-state index in [2.05, 4.69) is 25.5 Å². The fourth-order valence-electron chi connectivity index (χ4n) is 2.77. The van der Waals surface area contributed by atoms with Crippen LogP contribution in [0, 0.1) is 0 Å². The van der Waals surface area contributed by atoms with Crippen molar-refractivity contribution < 1.29 is 4.63 Å². The smallest absolute Gasteiger partial charge is 0.146 e. The monoisotopic (exact) mass is 302 g/mol. The van der Waals surface area contributed by atoms with Crippen LogP contribution in [0.4, 0.5) is 0 Å². The predicted octanol–water partition coefficient (Wildman–Crippen LogP) is 2.95. The Kier molecular flexibility index (Phi) is 2.37. The van der Waals surface area contributed by atoms with Crippen molar-refractivity contribution in [1.82, 2.24) is 30.1 Å². The maximum atomic E-state index is 4.85. The molecule has 0 saturated heterocycles. The van der Waals surface area contributed by atoms with Crippen LogP contribution in [0.5, 0.6) is 0 Å². The fraction of sp³-hybridized carbons (Fsp3) is 0. The zero-order chi connectivity index (χ0) is 15.2. The van der Waals surface area contributed by atoms with Gasteiger partial charge in [-0.1, -0.05) is 6.07 Å². The summed E-state index contributed by atoms with van der Waals surface area (Å²) in [6.07, 6.45) is 5.48. The molecule has 5 aromatic rings. The lowest BCUT2D eigenvalue weighted by Gasteiger charge is -2.08. The number of imidazole rings is 1. The van der Waals surface area contributed by atoms with Crippen molar-refractivity contribution >= 4 is 21.9 Å². The number of H-pyrrole nitrogens is 1. The normalized spacial score (nSPS) is 11.5. The summed E-state index contributed by atoms with van der Waals surface area (Å²) in [4.78, 5) is 4.49. The van der Waals surface area contributed by atoms with Gasteiger partial charge in [0.05, 0.1) is 11.7 Å². The molecule has 0 atom stereocenters. The van der Waals surface area contributed by atoms with Gasteiger partial charge in [-0.05, 0) is 40.6 Å². The van der Waals surface area contributed by atoms with Gasteiger partial charge in [-0.25, -0.2) is 9.61 Å². The standard InChI is InChI=1S/C16H10N6O/c1-2-12(15-13(3-1)20-23-21-15)16-17-6-7-22(16)11-5-4-10-9-18-19-14(10)8-11/h1-9H,(H,18,19). The molecule has 1 N–H and O–H groups in total. The lowest BCUT2D eigenvalue weighted by atomic mass is 10.1. The van der Waals surface area contributed by atoms with Crippen molar-refractivity contribution in [2.24, 2.45) is 0 Å². The molecule has 23 heavy (non-hydrogen) atoms. The highest BCUT2D eigenvalue weighted by Gasteiger charge is 2.14. The molecule has 2 aromatic carbocycles. The molecule has 0 fully saturated rings. The lowest BCUT2D eigenvalue weighted by molar-refractivity contribution is 0.315. The average molecular weight is 302 g/mol. The van der Waals surface area contributed by atoms with Crippen LogP contribution in [0.1, 0.15) is 0 Å². The van der Waals surface area contributed by atoms with Crippen molar-refractivity contribution in [3.8, 4) is 17.1 Å². The van der Waals surface area contributed by atoms with Crippen LogP contribution in [0.3, 0.4) is 0 Å². The number of nitrogens with zero attached hydrogens (tertiary/aromatic N) is 5. The minimum atomic E-state index is 0.697. The number of benzene rings is 2. The van der Waals surface area contributed by atoms with E-state index in [0.717, 1.165) is 28.0 Å². The van der Waals surface area contributed by atoms with E-state index in [1.54, 1.807) is 12.4 Å². The number of rotatable bonds is 2. The highest BCUT2D eigenvalue weighted by Crippen LogP contribution is 2.28. The molecule has 0 spiro atoms. The number of hydrogen-bond donors (Lipinski definition) is 1. The molecule has 7 heteroatoms. The summed E-state index contributed by atoms with van der Waals surface area (Å²) in [6.45, 7) is 0. The lowest BCUT2D eigenvalue weighted by Crippen LogP contribution is -1.97. The molecule has 5 rings (SSSR count). The second kappa shape index (κ2) is 4.51. The van der Waals surface area contributed by atoms with Crippen LogP contribution in [-0.4, -0.2) is 30.1 Å². The topological polar surface area (TPSA) is 85.4 Å². The van der Waals surface area contributed by atoms with E-state index in [1.807, 2.05) is 47.2 Å². The van der Waals surface area contributed by atoms with Crippen LogP contribution in [0.15, 0.2) is 59.6 Å². The second-order valence-corrected chi connectivity index (χ2v) is 5.20. The molecule has 0 unspecified atom stereocenters. The molecule has 0 aliphatic heterocycles. The minimum Gasteiger partial charge on any atom is -0.300 e. The van der Waals surface area contributed by atoms with Crippen LogP contribution >= 0.6 is 0 Å². The van der Waals surface area contributed by atoms with Crippen LogP contribution in [0.2, 0.25) is 0 Å². The quantitative estimate of drug-likeness (QED) is 0.542. The summed E-state index contributed by atoms with van der Waals surface area (Å²) in [7, 11) is 0. The van der Waals surface area contributed by atoms with Gasteiger partial charge in [0.2, 0.25) is 0 Å². The molecule has 0 amide bonds. The van der Waals surface area contributed by atoms with E-state index < -0.39 is 0 Å². The Morgan fingerprint density at radius 3 is 3.09 bits per heavy atom. The molecule has 0 aliphatic carbocycles. The highest BCUT2D eigenvalue weighted by molar-refractivity contribution is 5.89. The van der Waals surface area contributed by atoms with Gasteiger partial charge in [0.25, 0.3) is 0 Å². The SMILES string of the molecule is c1cc(-c2nccn2-c2ccc3cn[nH]c3c2)c2nonc2c1. The Balaban J connectivity index is 1.74. The van der Waals surface area contributed by atoms with Gasteiger partial charge >= 0.3 is 0 Å². The van der Waals surface area contributed by atoms with Gasteiger partial charge in [0, 0.05) is 29.0 Å². The van der Waals surface area contributed by atoms with Crippen molar-refractivity contribution in [3.63, 3.8) is 0 Å². The van der Waals surface area contributed by atoms with E-state index >= 15 is 0 Å². The third-order valence-electron chi connectivity index (χ3n) is 3.87. The Bertz CT molecular complexity index is 1140. The molecule has 0 bridgehead atoms. The molecule has 0 radical (unpaired) electrons. The summed E-state index contributed by atoms with van der Waals surface area (Å²) in [5.41, 5.74) is 4.24. The van der Waals surface area contributed by atoms with Gasteiger partial charge < -0.3 is 0 Å². The third kappa shape index (κ3) is 1.76. The largest absolute Gasteiger partial charge is 0.300 e. The van der Waals surface area contributed by atoms with E-state index in [9.17, 15) is 0 Å². The molecule has 0 aliphatic rings. The van der Waals surface area contributed by atoms with Crippen molar-refractivity contribution in [2.75, 3.05) is 0 Å². The number of aromatic amines is 1. The van der Waals surface area contributed by atoms with Gasteiger partial charge in [0.1, 0.15) is 16.9 Å². The van der Waals surface area contributed by atoms with Gasteiger partial charge in [0.15, 0.2) is 0 Å². The van der Waals surface area contributed by atoms with Gasteiger partial charge in [-0.2, -0.15) is 5.10 Å². The Hall–Kier alpha value is -3.48. The minimum absolute atomic E-state index is 0.697. The zero-order valence-electron chi connectivity index (χ0n) is 11.8. The van der Waals surface area contributed by atoms with E-state index in [0.29, 0.717) is 11.0 Å². The summed E-state index contributed by atoms with van der Waals surface area (Å²) in [5, 5.41) is 16.0. The molecule has 7 nitrogen and oxygen atoms in total. The molecule has 110 valence electrons. The van der Waals surface area contributed by atoms with E-state index in [4.69, 9.17) is 4.63 Å². The van der Waals surface area contributed by atoms with E-state index in [-0.39, 0.29) is 0 Å². The van der Waals surface area contributed by atoms with Gasteiger partial charge in [-0.15, -0.1) is 0 Å². The third-order valence-corrected chi connectivity index (χ3v) is 3.87. The molecular weight excluding hydrogens is 292 g/mol. The van der Waals surface area contributed by atoms with Crippen molar-refractivity contribution in [1.29, 1.82) is 0 Å². The molecular formula is C16H10N6O. The second-order valence-electron chi connectivity index (χ2n) is 5.20. The fourth-order valence-corrected chi connectivity index (χ4v) is 2.77. The Morgan fingerprint density at radius 1 is 1.09 bits per heavy atom. The van der Waals surface area contributed by atoms with E-state index in [1.165, 1.54) is 0 Å². The molecule has 3 heterocycles. The first kappa shape index (κ1) is 12.1. The van der Waals surface area contributed by atoms with Crippen molar-refractivity contribution in [3.05, 3.63) is 55.0 Å². The summed E-state index contributed by atoms with van der Waals surface area (Å²) < 4.78 is 6.85. The number of fused-ring (bicyclic) bond motifs is 2. The summed E-state index contributed by atoms with van der Waals surface area (Å²) in [5.74, 6) is 0.783. The van der Waals surface area contributed by atoms with Crippen LogP contribution in [-0.2, 0) is 0 Å². The molecule has 0 saturated carbocycles. The maximum absolute atomic E-state index is 4.85. The first-order valence-electron chi connectivity index (χ1n) is 7.09. The average Bonchev–Trinajstić information content (AvgIpc) is 3.32. The summed E-state index contributed by atoms with van der Waals surface area (Å²) >= 11 is 0. The number of hydrogen-bond acceptors (Lipinski definition) is 5. The Labute approximate surface area is 129 Å². The first-order chi connectivity index (χ1) is 11.4. The molecule has 3 aromatic heterocycles. The van der Waals surface area contributed by atoms with Crippen LogP contribution < -0.4 is 0 Å². The van der Waals surface area contributed by atoms with Gasteiger partial charge in [-0.3, -0.25) is 9.67 Å².